The molecule has 0 radical (unpaired) electrons. The number of nitrogens with zero attached hydrogens (tertiary/aromatic N) is 1. The van der Waals surface area contributed by atoms with E-state index in [2.05, 4.69) is 4.98 Å². The molecule has 26 heavy (non-hydrogen) atoms. The Morgan fingerprint density at radius 2 is 1.62 bits per heavy atom. The molecule has 0 spiro atoms. The summed E-state index contributed by atoms with van der Waals surface area (Å²) in [4.78, 5) is 17.0. The molecule has 0 N–H and O–H groups in total. The molecule has 0 saturated heterocycles. The molecular weight excluding hydrogens is 473 g/mol. The number of carbonyl (C=O) groups is 1. The van der Waals surface area contributed by atoms with Crippen molar-refractivity contribution in [1.82, 2.24) is 4.98 Å². The molecule has 0 fully saturated rings. The average Bonchev–Trinajstić information content (AvgIpc) is 2.99. The van der Waals surface area contributed by atoms with Crippen molar-refractivity contribution >= 4 is 16.6 Å². The number of fused-ring (bicyclic) bond motifs is 4. The van der Waals surface area contributed by atoms with Crippen molar-refractivity contribution in [3.8, 4) is 22.6 Å². The number of ketones is 1. The van der Waals surface area contributed by atoms with E-state index >= 15 is 0 Å². The van der Waals surface area contributed by atoms with E-state index in [1.807, 2.05) is 36.4 Å². The van der Waals surface area contributed by atoms with Gasteiger partial charge in [-0.3, -0.25) is 9.78 Å². The molecule has 5 rings (SSSR count). The summed E-state index contributed by atoms with van der Waals surface area (Å²) >= 11 is 0. The van der Waals surface area contributed by atoms with Crippen molar-refractivity contribution in [2.45, 2.75) is 0 Å². The zero-order valence-electron chi connectivity index (χ0n) is 13.1. The largest absolute Gasteiger partial charge is 2.00 e. The molecule has 0 amide bonds. The van der Waals surface area contributed by atoms with Crippen molar-refractivity contribution < 1.29 is 83.4 Å². The molecule has 1 aliphatic heterocycles. The van der Waals surface area contributed by atoms with Gasteiger partial charge in [0.2, 0.25) is 12.6 Å². The number of ether oxygens (including phenoxy) is 2. The molecule has 2 heterocycles. The van der Waals surface area contributed by atoms with Crippen LogP contribution < -0.4 is 59.1 Å². The van der Waals surface area contributed by atoms with E-state index in [-0.39, 0.29) is 81.7 Å². The van der Waals surface area contributed by atoms with Crippen LogP contribution in [0.5, 0.6) is 11.5 Å². The van der Waals surface area contributed by atoms with Crippen LogP contribution in [0.2, 0.25) is 0 Å². The van der Waals surface area contributed by atoms with Gasteiger partial charge in [0.15, 0.2) is 11.5 Å². The minimum Gasteiger partial charge on any atom is -1.00 e. The SMILES string of the molecule is O=C1c2ccccc2-c2c3c(cc4ccnc1c24)OCO3.[Cl-].[Cl-].[Cl-].[Cl-].[Zn+2]. The second-order valence-electron chi connectivity index (χ2n) is 5.12. The van der Waals surface area contributed by atoms with Crippen LogP contribution >= 0.6 is 0 Å². The van der Waals surface area contributed by atoms with Crippen LogP contribution in [0.25, 0.3) is 21.9 Å². The number of hydrogen-bond donors (Lipinski definition) is 0. The van der Waals surface area contributed by atoms with Gasteiger partial charge in [0.05, 0.1) is 0 Å². The summed E-state index contributed by atoms with van der Waals surface area (Å²) in [6.07, 6.45) is 1.66. The summed E-state index contributed by atoms with van der Waals surface area (Å²) in [6.45, 7) is 0.206. The number of pyridine rings is 1. The quantitative estimate of drug-likeness (QED) is 0.234. The topological polar surface area (TPSA) is 48.4 Å². The summed E-state index contributed by atoms with van der Waals surface area (Å²) in [7, 11) is 0. The molecule has 4 nitrogen and oxygen atoms in total. The summed E-state index contributed by atoms with van der Waals surface area (Å²) in [5.74, 6) is 1.39. The molecule has 1 aliphatic carbocycles. The standard InChI is InChI=1S/C17H9NO3.4ClH.Zn/c19-16-11-4-2-1-3-10(11)14-13-9(5-6-18-15(13)16)7-12-17(14)21-8-20-12;;;;;/h1-7H,8H2;4*1H;/q;;;;;+2/p-4. The predicted octanol–water partition coefficient (Wildman–Crippen LogP) is -8.81. The van der Waals surface area contributed by atoms with E-state index in [0.29, 0.717) is 17.0 Å². The molecule has 1 aromatic heterocycles. The van der Waals surface area contributed by atoms with Gasteiger partial charge in [0.25, 0.3) is 0 Å². The Hall–Kier alpha value is -1.10. The fourth-order valence-electron chi connectivity index (χ4n) is 3.16. The van der Waals surface area contributed by atoms with E-state index in [4.69, 9.17) is 9.47 Å². The van der Waals surface area contributed by atoms with Crippen LogP contribution in [-0.2, 0) is 19.5 Å². The molecule has 0 atom stereocenters. The van der Waals surface area contributed by atoms with E-state index < -0.39 is 0 Å². The van der Waals surface area contributed by atoms with Crippen LogP contribution in [0.15, 0.2) is 42.6 Å². The van der Waals surface area contributed by atoms with Gasteiger partial charge in [-0.15, -0.1) is 0 Å². The Morgan fingerprint density at radius 1 is 0.923 bits per heavy atom. The number of rotatable bonds is 0. The van der Waals surface area contributed by atoms with Crippen molar-refractivity contribution in [3.05, 3.63) is 53.9 Å². The Balaban J connectivity index is 0.00000125. The second kappa shape index (κ2) is 9.21. The van der Waals surface area contributed by atoms with Gasteiger partial charge < -0.3 is 59.1 Å². The van der Waals surface area contributed by atoms with Crippen LogP contribution in [0.4, 0.5) is 0 Å². The van der Waals surface area contributed by atoms with Crippen molar-refractivity contribution in [2.24, 2.45) is 0 Å². The van der Waals surface area contributed by atoms with Crippen molar-refractivity contribution in [1.29, 1.82) is 0 Å². The van der Waals surface area contributed by atoms with Crippen molar-refractivity contribution in [2.75, 3.05) is 6.79 Å². The Bertz CT molecular complexity index is 968. The van der Waals surface area contributed by atoms with Crippen LogP contribution in [0.1, 0.15) is 16.1 Å². The molecule has 2 aromatic carbocycles. The summed E-state index contributed by atoms with van der Waals surface area (Å²) in [6, 6.07) is 11.4. The molecule has 0 bridgehead atoms. The van der Waals surface area contributed by atoms with Crippen molar-refractivity contribution in [3.63, 3.8) is 0 Å². The van der Waals surface area contributed by atoms with Crippen LogP contribution in [0.3, 0.4) is 0 Å². The first-order valence-corrected chi connectivity index (χ1v) is 6.70. The second-order valence-corrected chi connectivity index (χ2v) is 5.12. The minimum atomic E-state index is -0.0393. The number of hydrogen-bond acceptors (Lipinski definition) is 4. The molecule has 2 aliphatic rings. The van der Waals surface area contributed by atoms with E-state index in [1.54, 1.807) is 6.20 Å². The fourth-order valence-corrected chi connectivity index (χ4v) is 3.16. The molecule has 132 valence electrons. The average molecular weight is 482 g/mol. The molecule has 0 saturated carbocycles. The first-order valence-electron chi connectivity index (χ1n) is 6.70. The van der Waals surface area contributed by atoms with Gasteiger partial charge >= 0.3 is 19.5 Å². The van der Waals surface area contributed by atoms with Gasteiger partial charge in [-0.25, -0.2) is 0 Å². The summed E-state index contributed by atoms with van der Waals surface area (Å²) in [5.41, 5.74) is 2.95. The normalized spacial score (nSPS) is 11.6. The third-order valence-electron chi connectivity index (χ3n) is 4.04. The zero-order chi connectivity index (χ0) is 14.0. The maximum absolute atomic E-state index is 12.7. The smallest absolute Gasteiger partial charge is 1.00 e. The molecule has 3 aromatic rings. The first-order chi connectivity index (χ1) is 10.3. The molecule has 9 heteroatoms. The maximum Gasteiger partial charge on any atom is 2.00 e. The number of halogens is 4. The maximum atomic E-state index is 12.7. The van der Waals surface area contributed by atoms with E-state index in [1.165, 1.54) is 0 Å². The van der Waals surface area contributed by atoms with Gasteiger partial charge in [0.1, 0.15) is 5.69 Å². The third kappa shape index (κ3) is 3.28. The molecule has 0 unspecified atom stereocenters. The zero-order valence-corrected chi connectivity index (χ0v) is 19.1. The fraction of sp³-hybridized carbons (Fsp3) is 0.0588. The first kappa shape index (κ1) is 24.9. The molecular formula is C17H9Cl4NO3Zn-2. The van der Waals surface area contributed by atoms with E-state index in [9.17, 15) is 4.79 Å². The van der Waals surface area contributed by atoms with Gasteiger partial charge in [0, 0.05) is 22.7 Å². The van der Waals surface area contributed by atoms with Crippen LogP contribution in [-0.4, -0.2) is 17.6 Å². The van der Waals surface area contributed by atoms with Gasteiger partial charge in [-0.2, -0.15) is 0 Å². The number of aromatic nitrogens is 1. The van der Waals surface area contributed by atoms with Crippen LogP contribution in [0, 0.1) is 0 Å². The Kier molecular flexibility index (Phi) is 8.82. The Morgan fingerprint density at radius 3 is 2.35 bits per heavy atom. The summed E-state index contributed by atoms with van der Waals surface area (Å²) < 4.78 is 11.2. The number of benzene rings is 2. The Labute approximate surface area is 187 Å². The third-order valence-corrected chi connectivity index (χ3v) is 4.04. The minimum absolute atomic E-state index is 0. The van der Waals surface area contributed by atoms with E-state index in [0.717, 1.165) is 27.6 Å². The predicted molar refractivity (Wildman–Crippen MR) is 76.7 cm³/mol. The number of carbonyl (C=O) groups excluding carboxylic acids is 1. The summed E-state index contributed by atoms with van der Waals surface area (Å²) in [5, 5.41) is 1.80. The van der Waals surface area contributed by atoms with Gasteiger partial charge in [-0.1, -0.05) is 24.3 Å². The van der Waals surface area contributed by atoms with Gasteiger partial charge in [-0.05, 0) is 23.1 Å². The monoisotopic (exact) mass is 479 g/mol.